The van der Waals surface area contributed by atoms with E-state index in [0.717, 1.165) is 57.9 Å². The number of ether oxygens (including phenoxy) is 1. The molecule has 0 radical (unpaired) electrons. The van der Waals surface area contributed by atoms with Crippen molar-refractivity contribution in [3.63, 3.8) is 0 Å². The Balaban J connectivity index is 0.000000209. The molecule has 3 amide bonds. The van der Waals surface area contributed by atoms with E-state index in [4.69, 9.17) is 27.3 Å². The third kappa shape index (κ3) is 10.0. The molecule has 1 spiro atoms. The number of carbonyl (C=O) groups is 3. The zero-order valence-corrected chi connectivity index (χ0v) is 34.7. The fraction of sp³-hybridized carbons (Fsp3) is 0.455. The molecule has 1 aliphatic carbocycles. The normalized spacial score (nSPS) is 19.1. The predicted molar refractivity (Wildman–Crippen MR) is 226 cm³/mol. The number of nitriles is 1. The van der Waals surface area contributed by atoms with Gasteiger partial charge in [0.05, 0.1) is 34.5 Å². The first-order valence-corrected chi connectivity index (χ1v) is 21.0. The van der Waals surface area contributed by atoms with Crippen LogP contribution in [0.25, 0.3) is 10.9 Å². The van der Waals surface area contributed by atoms with Crippen LogP contribution in [0.1, 0.15) is 95.1 Å². The van der Waals surface area contributed by atoms with Crippen LogP contribution < -0.4 is 26.7 Å². The molecule has 60 heavy (non-hydrogen) atoms. The standard InChI is InChI=1S/C27H37FN4O3.C15H8ClFN4O2.C2H6/c28-22-17-20(29-23-5-6-24(33)30-26(23)35)3-4-21(22)19-7-13-31(14-8-19)18-25(34)32-15-11-27(12-16-32)9-1-2-10-27;16-13-11(4-3-10-12(13)15(22)21-6-20-10)23-14-7(5-18)9(19)2-1-8(14)17;1-2/h3-4,17,19,23,29H,1-2,5-16,18H2,(H,30,33,35);1-4,6H,19H2,(H,20,21,22);1-2H3. The topological polar surface area (TPSA) is 187 Å². The van der Waals surface area contributed by atoms with Crippen LogP contribution in [0.2, 0.25) is 5.02 Å². The first-order chi connectivity index (χ1) is 28.9. The van der Waals surface area contributed by atoms with Gasteiger partial charge in [0.1, 0.15) is 29.2 Å². The minimum atomic E-state index is -0.771. The summed E-state index contributed by atoms with van der Waals surface area (Å²) in [6, 6.07) is 11.6. The van der Waals surface area contributed by atoms with E-state index in [1.54, 1.807) is 6.07 Å². The molecule has 318 valence electrons. The van der Waals surface area contributed by atoms with Crippen LogP contribution in [0.5, 0.6) is 11.5 Å². The summed E-state index contributed by atoms with van der Waals surface area (Å²) in [7, 11) is 0. The van der Waals surface area contributed by atoms with Gasteiger partial charge in [-0.2, -0.15) is 5.26 Å². The quantitative estimate of drug-likeness (QED) is 0.108. The molecule has 16 heteroatoms. The Morgan fingerprint density at radius 1 is 1.00 bits per heavy atom. The fourth-order valence-electron chi connectivity index (χ4n) is 8.61. The summed E-state index contributed by atoms with van der Waals surface area (Å²) < 4.78 is 34.3. The Hall–Kier alpha value is -5.59. The minimum absolute atomic E-state index is 0.0127. The van der Waals surface area contributed by atoms with E-state index in [2.05, 4.69) is 30.4 Å². The number of rotatable bonds is 7. The lowest BCUT2D eigenvalue weighted by molar-refractivity contribution is -0.135. The number of carbonyl (C=O) groups excluding carboxylic acids is 3. The van der Waals surface area contributed by atoms with Crippen LogP contribution in [0.3, 0.4) is 0 Å². The molecule has 4 aromatic rings. The number of aromatic amines is 1. The molecule has 4 heterocycles. The summed E-state index contributed by atoms with van der Waals surface area (Å²) in [6.07, 6.45) is 11.3. The molecule has 4 aliphatic rings. The number of imide groups is 1. The molecule has 13 nitrogen and oxygen atoms in total. The second kappa shape index (κ2) is 19.6. The molecule has 4 fully saturated rings. The monoisotopic (exact) mass is 844 g/mol. The van der Waals surface area contributed by atoms with Crippen LogP contribution in [0, 0.1) is 28.4 Å². The number of hydrogen-bond acceptors (Lipinski definition) is 10. The molecule has 1 saturated carbocycles. The third-order valence-corrected chi connectivity index (χ3v) is 12.4. The average Bonchev–Trinajstić information content (AvgIpc) is 3.70. The van der Waals surface area contributed by atoms with Crippen molar-refractivity contribution in [1.82, 2.24) is 25.1 Å². The van der Waals surface area contributed by atoms with Crippen LogP contribution >= 0.6 is 11.6 Å². The van der Waals surface area contributed by atoms with E-state index in [1.807, 2.05) is 26.0 Å². The summed E-state index contributed by atoms with van der Waals surface area (Å²) in [5, 5.41) is 14.5. The van der Waals surface area contributed by atoms with E-state index < -0.39 is 17.4 Å². The maximum absolute atomic E-state index is 15.0. The third-order valence-electron chi connectivity index (χ3n) is 12.0. The Kier molecular flexibility index (Phi) is 14.4. The smallest absolute Gasteiger partial charge is 0.260 e. The van der Waals surface area contributed by atoms with Crippen LogP contribution in [-0.4, -0.2) is 76.3 Å². The zero-order chi connectivity index (χ0) is 43.0. The maximum atomic E-state index is 15.0. The minimum Gasteiger partial charge on any atom is -0.451 e. The number of piperidine rings is 3. The first-order valence-electron chi connectivity index (χ1n) is 20.7. The van der Waals surface area contributed by atoms with Gasteiger partial charge in [-0.25, -0.2) is 13.8 Å². The number of fused-ring (bicyclic) bond motifs is 1. The van der Waals surface area contributed by atoms with E-state index in [-0.39, 0.29) is 69.0 Å². The molecular formula is C44H51ClF2N8O5. The summed E-state index contributed by atoms with van der Waals surface area (Å²) in [4.78, 5) is 58.7. The van der Waals surface area contributed by atoms with Gasteiger partial charge in [-0.15, -0.1) is 0 Å². The van der Waals surface area contributed by atoms with Crippen molar-refractivity contribution in [3.8, 4) is 17.6 Å². The Morgan fingerprint density at radius 2 is 1.72 bits per heavy atom. The summed E-state index contributed by atoms with van der Waals surface area (Å²) in [5.41, 5.74) is 7.22. The molecular weight excluding hydrogens is 794 g/mol. The van der Waals surface area contributed by atoms with Crippen LogP contribution in [0.15, 0.2) is 53.6 Å². The second-order valence-electron chi connectivity index (χ2n) is 15.6. The van der Waals surface area contributed by atoms with Gasteiger partial charge in [-0.3, -0.25) is 29.4 Å². The number of nitrogens with one attached hydrogen (secondary N) is 3. The number of hydrogen-bond donors (Lipinski definition) is 4. The van der Waals surface area contributed by atoms with Crippen molar-refractivity contribution in [3.05, 3.63) is 86.9 Å². The number of aromatic nitrogens is 2. The van der Waals surface area contributed by atoms with Gasteiger partial charge < -0.3 is 25.7 Å². The van der Waals surface area contributed by atoms with Gasteiger partial charge in [-0.05, 0) is 111 Å². The molecule has 0 bridgehead atoms. The van der Waals surface area contributed by atoms with Gasteiger partial charge in [0.15, 0.2) is 11.6 Å². The Labute approximate surface area is 352 Å². The number of likely N-dealkylation sites (tertiary alicyclic amines) is 2. The molecule has 5 N–H and O–H groups in total. The lowest BCUT2D eigenvalue weighted by atomic mass is 9.77. The average molecular weight is 845 g/mol. The predicted octanol–water partition coefficient (Wildman–Crippen LogP) is 7.39. The lowest BCUT2D eigenvalue weighted by Crippen LogP contribution is -2.47. The molecule has 1 aromatic heterocycles. The van der Waals surface area contributed by atoms with Gasteiger partial charge in [0.25, 0.3) is 5.56 Å². The van der Waals surface area contributed by atoms with E-state index in [1.165, 1.54) is 56.3 Å². The van der Waals surface area contributed by atoms with Crippen molar-refractivity contribution in [2.75, 3.05) is 43.8 Å². The number of anilines is 2. The van der Waals surface area contributed by atoms with Crippen molar-refractivity contribution in [2.45, 2.75) is 90.0 Å². The summed E-state index contributed by atoms with van der Waals surface area (Å²) >= 11 is 6.16. The van der Waals surface area contributed by atoms with E-state index in [0.29, 0.717) is 35.1 Å². The summed E-state index contributed by atoms with van der Waals surface area (Å²) in [5.74, 6) is -1.65. The highest BCUT2D eigenvalue weighted by Crippen LogP contribution is 2.46. The fourth-order valence-corrected chi connectivity index (χ4v) is 8.89. The Morgan fingerprint density at radius 3 is 2.38 bits per heavy atom. The number of H-pyrrole nitrogens is 1. The largest absolute Gasteiger partial charge is 0.451 e. The van der Waals surface area contributed by atoms with Gasteiger partial charge in [0.2, 0.25) is 17.7 Å². The number of nitrogens with two attached hydrogens (primary N) is 1. The molecule has 1 unspecified atom stereocenters. The van der Waals surface area contributed by atoms with Gasteiger partial charge in [0, 0.05) is 25.2 Å². The molecule has 1 atom stereocenters. The highest BCUT2D eigenvalue weighted by Gasteiger charge is 2.38. The number of benzene rings is 3. The number of amides is 3. The lowest BCUT2D eigenvalue weighted by Gasteiger charge is -2.40. The molecule has 8 rings (SSSR count). The first kappa shape index (κ1) is 44.0. The van der Waals surface area contributed by atoms with Crippen LogP contribution in [-0.2, 0) is 14.4 Å². The van der Waals surface area contributed by atoms with Crippen LogP contribution in [0.4, 0.5) is 20.2 Å². The number of nitrogen functional groups attached to an aromatic ring is 1. The highest BCUT2D eigenvalue weighted by atomic mass is 35.5. The summed E-state index contributed by atoms with van der Waals surface area (Å²) in [6.45, 7) is 7.87. The van der Waals surface area contributed by atoms with E-state index in [9.17, 15) is 28.0 Å². The van der Waals surface area contributed by atoms with Crippen molar-refractivity contribution in [2.24, 2.45) is 5.41 Å². The zero-order valence-electron chi connectivity index (χ0n) is 33.9. The van der Waals surface area contributed by atoms with Gasteiger partial charge >= 0.3 is 0 Å². The van der Waals surface area contributed by atoms with Crippen molar-refractivity contribution >= 4 is 51.6 Å². The SMILES string of the molecule is CC.N#Cc1c(N)ccc(F)c1Oc1ccc2nc[nH]c(=O)c2c1Cl.O=C1CCC(Nc2ccc(C3CCN(CC(=O)N4CCC5(CCCC5)CC4)CC3)c(F)c2)C(=O)N1. The molecule has 3 aromatic carbocycles. The number of nitrogens with zero attached hydrogens (tertiary/aromatic N) is 4. The number of halogens is 3. The highest BCUT2D eigenvalue weighted by molar-refractivity contribution is 6.36. The maximum Gasteiger partial charge on any atom is 0.260 e. The second-order valence-corrected chi connectivity index (χ2v) is 16.0. The van der Waals surface area contributed by atoms with E-state index >= 15 is 0 Å². The Bertz CT molecular complexity index is 2310. The van der Waals surface area contributed by atoms with Crippen molar-refractivity contribution in [1.29, 1.82) is 5.26 Å². The van der Waals surface area contributed by atoms with Crippen molar-refractivity contribution < 1.29 is 27.9 Å². The van der Waals surface area contributed by atoms with Gasteiger partial charge in [-0.1, -0.05) is 44.4 Å². The molecule has 3 aliphatic heterocycles. The molecule has 3 saturated heterocycles.